The van der Waals surface area contributed by atoms with E-state index in [1.54, 1.807) is 23.4 Å². The van der Waals surface area contributed by atoms with E-state index < -0.39 is 5.82 Å². The van der Waals surface area contributed by atoms with Crippen LogP contribution in [0.15, 0.2) is 41.2 Å². The molecule has 1 aliphatic heterocycles. The maximum absolute atomic E-state index is 13.3. The van der Waals surface area contributed by atoms with E-state index in [1.807, 2.05) is 6.92 Å². The van der Waals surface area contributed by atoms with E-state index in [1.165, 1.54) is 18.2 Å². The molecule has 4 rings (SSSR count). The van der Waals surface area contributed by atoms with Gasteiger partial charge in [0.25, 0.3) is 0 Å². The minimum Gasteiger partial charge on any atom is -0.352 e. The Balaban J connectivity index is 1.58. The summed E-state index contributed by atoms with van der Waals surface area (Å²) >= 11 is 5.78. The third-order valence-electron chi connectivity index (χ3n) is 4.42. The molecular weight excluding hydrogens is 373 g/mol. The first-order chi connectivity index (χ1) is 13.0. The van der Waals surface area contributed by atoms with Crippen molar-refractivity contribution in [1.82, 2.24) is 20.0 Å². The van der Waals surface area contributed by atoms with E-state index in [-0.39, 0.29) is 17.1 Å². The van der Waals surface area contributed by atoms with E-state index in [0.717, 1.165) is 11.3 Å². The number of fused-ring (bicyclic) bond motifs is 1. The fraction of sp³-hybridized carbons (Fsp3) is 0.222. The van der Waals surface area contributed by atoms with Crippen LogP contribution in [0, 0.1) is 5.82 Å². The molecule has 3 heterocycles. The van der Waals surface area contributed by atoms with Crippen LogP contribution in [-0.4, -0.2) is 32.1 Å². The van der Waals surface area contributed by atoms with Crippen molar-refractivity contribution < 1.29 is 13.7 Å². The second-order valence-corrected chi connectivity index (χ2v) is 6.66. The van der Waals surface area contributed by atoms with Gasteiger partial charge < -0.3 is 14.7 Å². The Labute approximate surface area is 159 Å². The quantitative estimate of drug-likeness (QED) is 0.720. The molecule has 3 aromatic rings. The second-order valence-electron chi connectivity index (χ2n) is 6.25. The van der Waals surface area contributed by atoms with Crippen molar-refractivity contribution in [3.05, 3.63) is 58.8 Å². The number of aromatic nitrogens is 3. The average molecular weight is 388 g/mol. The van der Waals surface area contributed by atoms with Gasteiger partial charge in [0.2, 0.25) is 5.76 Å². The van der Waals surface area contributed by atoms with Crippen molar-refractivity contribution >= 4 is 23.3 Å². The Morgan fingerprint density at radius 1 is 1.37 bits per heavy atom. The highest BCUT2D eigenvalue weighted by molar-refractivity contribution is 6.31. The van der Waals surface area contributed by atoms with Gasteiger partial charge in [-0.05, 0) is 31.2 Å². The van der Waals surface area contributed by atoms with E-state index in [0.29, 0.717) is 30.2 Å². The number of nitrogens with zero attached hydrogens (tertiary/aromatic N) is 4. The summed E-state index contributed by atoms with van der Waals surface area (Å²) in [6.07, 6.45) is 3.78. The molecule has 27 heavy (non-hydrogen) atoms. The summed E-state index contributed by atoms with van der Waals surface area (Å²) in [6.45, 7) is 2.22. The number of urea groups is 1. The van der Waals surface area contributed by atoms with Crippen molar-refractivity contribution in [2.45, 2.75) is 25.9 Å². The van der Waals surface area contributed by atoms with Crippen LogP contribution >= 0.6 is 11.6 Å². The number of nitrogens with one attached hydrogen (secondary N) is 1. The number of amides is 2. The first-order valence-electron chi connectivity index (χ1n) is 8.30. The predicted octanol–water partition coefficient (Wildman–Crippen LogP) is 3.90. The SMILES string of the molecule is C[C@H]1Cc2noc(-c3ncccn3)c2CN1C(=O)Nc1ccc(F)c(Cl)c1. The normalized spacial score (nSPS) is 16.1. The number of benzene rings is 1. The Hall–Kier alpha value is -3.00. The number of carbonyl (C=O) groups excluding carboxylic acids is 1. The number of rotatable bonds is 2. The van der Waals surface area contributed by atoms with Gasteiger partial charge in [0.15, 0.2) is 5.82 Å². The molecule has 0 bridgehead atoms. The third kappa shape index (κ3) is 3.35. The van der Waals surface area contributed by atoms with Gasteiger partial charge in [-0.15, -0.1) is 0 Å². The van der Waals surface area contributed by atoms with Gasteiger partial charge >= 0.3 is 6.03 Å². The molecule has 0 aliphatic carbocycles. The number of carbonyl (C=O) groups is 1. The summed E-state index contributed by atoms with van der Waals surface area (Å²) in [5, 5.41) is 6.80. The minimum atomic E-state index is -0.539. The maximum Gasteiger partial charge on any atom is 0.322 e. The molecule has 2 aromatic heterocycles. The molecule has 1 aromatic carbocycles. The van der Waals surface area contributed by atoms with E-state index >= 15 is 0 Å². The molecule has 0 spiro atoms. The Kier molecular flexibility index (Phi) is 4.49. The van der Waals surface area contributed by atoms with Crippen LogP contribution in [0.1, 0.15) is 18.2 Å². The molecule has 1 aliphatic rings. The van der Waals surface area contributed by atoms with E-state index in [4.69, 9.17) is 16.1 Å². The van der Waals surface area contributed by atoms with Crippen molar-refractivity contribution in [3.63, 3.8) is 0 Å². The van der Waals surface area contributed by atoms with Gasteiger partial charge in [-0.1, -0.05) is 16.8 Å². The third-order valence-corrected chi connectivity index (χ3v) is 4.71. The molecule has 0 saturated carbocycles. The van der Waals surface area contributed by atoms with Crippen LogP contribution in [0.5, 0.6) is 0 Å². The fourth-order valence-electron chi connectivity index (χ4n) is 3.01. The van der Waals surface area contributed by atoms with Crippen molar-refractivity contribution in [3.8, 4) is 11.6 Å². The number of anilines is 1. The molecule has 0 saturated heterocycles. The summed E-state index contributed by atoms with van der Waals surface area (Å²) in [6, 6.07) is 5.34. The Bertz CT molecular complexity index is 995. The van der Waals surface area contributed by atoms with Crippen molar-refractivity contribution in [2.24, 2.45) is 0 Å². The lowest BCUT2D eigenvalue weighted by Crippen LogP contribution is -2.44. The van der Waals surface area contributed by atoms with Gasteiger partial charge in [0, 0.05) is 36.1 Å². The number of hydrogen-bond donors (Lipinski definition) is 1. The average Bonchev–Trinajstić information content (AvgIpc) is 3.07. The standard InChI is InChI=1S/C18H15ClFN5O2/c1-10-7-15-12(16(27-24-15)17-21-5-2-6-22-17)9-25(10)18(26)23-11-3-4-14(20)13(19)8-11/h2-6,8,10H,7,9H2,1H3,(H,23,26)/t10-/m0/s1. The second kappa shape index (κ2) is 6.96. The summed E-state index contributed by atoms with van der Waals surface area (Å²) in [4.78, 5) is 22.8. The lowest BCUT2D eigenvalue weighted by atomic mass is 10.00. The smallest absolute Gasteiger partial charge is 0.322 e. The van der Waals surface area contributed by atoms with Crippen LogP contribution in [0.3, 0.4) is 0 Å². The van der Waals surface area contributed by atoms with Gasteiger partial charge in [0.05, 0.1) is 17.3 Å². The monoisotopic (exact) mass is 387 g/mol. The number of hydrogen-bond acceptors (Lipinski definition) is 5. The van der Waals surface area contributed by atoms with Crippen molar-refractivity contribution in [1.29, 1.82) is 0 Å². The van der Waals surface area contributed by atoms with Crippen LogP contribution in [-0.2, 0) is 13.0 Å². The van der Waals surface area contributed by atoms with Gasteiger partial charge in [-0.25, -0.2) is 19.2 Å². The first-order valence-corrected chi connectivity index (χ1v) is 8.68. The van der Waals surface area contributed by atoms with E-state index in [9.17, 15) is 9.18 Å². The highest BCUT2D eigenvalue weighted by atomic mass is 35.5. The summed E-state index contributed by atoms with van der Waals surface area (Å²) in [5.41, 5.74) is 1.99. The van der Waals surface area contributed by atoms with E-state index in [2.05, 4.69) is 20.4 Å². The van der Waals surface area contributed by atoms with Gasteiger partial charge in [0.1, 0.15) is 5.82 Å². The highest BCUT2D eigenvalue weighted by Crippen LogP contribution is 2.31. The highest BCUT2D eigenvalue weighted by Gasteiger charge is 2.32. The van der Waals surface area contributed by atoms with Gasteiger partial charge in [-0.3, -0.25) is 0 Å². The Morgan fingerprint density at radius 2 is 2.15 bits per heavy atom. The zero-order valence-corrected chi connectivity index (χ0v) is 15.1. The van der Waals surface area contributed by atoms with Crippen molar-refractivity contribution in [2.75, 3.05) is 5.32 Å². The molecule has 7 nitrogen and oxygen atoms in total. The van der Waals surface area contributed by atoms with Crippen LogP contribution in [0.4, 0.5) is 14.9 Å². The molecular formula is C18H15ClFN5O2. The molecule has 138 valence electrons. The largest absolute Gasteiger partial charge is 0.352 e. The lowest BCUT2D eigenvalue weighted by molar-refractivity contribution is 0.182. The first kappa shape index (κ1) is 17.4. The van der Waals surface area contributed by atoms with Crippen LogP contribution in [0.25, 0.3) is 11.6 Å². The molecule has 0 radical (unpaired) electrons. The lowest BCUT2D eigenvalue weighted by Gasteiger charge is -2.32. The molecule has 0 unspecified atom stereocenters. The number of halogens is 2. The maximum atomic E-state index is 13.3. The molecule has 1 N–H and O–H groups in total. The van der Waals surface area contributed by atoms with Crippen LogP contribution < -0.4 is 5.32 Å². The summed E-state index contributed by atoms with van der Waals surface area (Å²) < 4.78 is 18.7. The minimum absolute atomic E-state index is 0.0515. The zero-order chi connectivity index (χ0) is 19.0. The van der Waals surface area contributed by atoms with Crippen LogP contribution in [0.2, 0.25) is 5.02 Å². The Morgan fingerprint density at radius 3 is 2.89 bits per heavy atom. The molecule has 2 amide bonds. The topological polar surface area (TPSA) is 84.2 Å². The zero-order valence-electron chi connectivity index (χ0n) is 14.3. The van der Waals surface area contributed by atoms with Gasteiger partial charge in [-0.2, -0.15) is 0 Å². The summed E-state index contributed by atoms with van der Waals surface area (Å²) in [5.74, 6) is 0.342. The fourth-order valence-corrected chi connectivity index (χ4v) is 3.20. The molecule has 9 heteroatoms. The predicted molar refractivity (Wildman–Crippen MR) is 96.7 cm³/mol. The molecule has 1 atom stereocenters. The summed E-state index contributed by atoms with van der Waals surface area (Å²) in [7, 11) is 0. The molecule has 0 fully saturated rings.